The fourth-order valence-electron chi connectivity index (χ4n) is 5.19. The van der Waals surface area contributed by atoms with Gasteiger partial charge in [0.1, 0.15) is 17.0 Å². The Morgan fingerprint density at radius 2 is 1.88 bits per heavy atom. The number of oxazole rings is 1. The van der Waals surface area contributed by atoms with Gasteiger partial charge in [0.25, 0.3) is 0 Å². The number of amides is 1. The van der Waals surface area contributed by atoms with E-state index < -0.39 is 16.1 Å². The smallest absolute Gasteiger partial charge is 0.225 e. The van der Waals surface area contributed by atoms with Gasteiger partial charge in [0.2, 0.25) is 5.91 Å². The first-order valence-electron chi connectivity index (χ1n) is 12.1. The number of nitriles is 1. The molecular weight excluding hydrogens is 452 g/mol. The lowest BCUT2D eigenvalue weighted by molar-refractivity contribution is -0.127. The molecule has 3 aliphatic rings. The van der Waals surface area contributed by atoms with E-state index in [1.807, 2.05) is 31.2 Å². The number of hydrogen-bond donors (Lipinski definition) is 3. The summed E-state index contributed by atoms with van der Waals surface area (Å²) in [6.45, 7) is 3.08. The van der Waals surface area contributed by atoms with Crippen molar-refractivity contribution in [3.8, 4) is 17.3 Å². The Bertz CT molecular complexity index is 1090. The number of carbonyl (C=O) groups excluding carboxylic acids is 1. The van der Waals surface area contributed by atoms with E-state index in [9.17, 15) is 19.2 Å². The summed E-state index contributed by atoms with van der Waals surface area (Å²) < 4.78 is 25.9. The molecule has 2 aliphatic carbocycles. The van der Waals surface area contributed by atoms with Crippen LogP contribution >= 0.6 is 10.6 Å². The Labute approximate surface area is 201 Å². The van der Waals surface area contributed by atoms with Crippen molar-refractivity contribution >= 4 is 22.2 Å². The van der Waals surface area contributed by atoms with Crippen LogP contribution in [0, 0.1) is 24.2 Å². The molecule has 8 nitrogen and oxygen atoms in total. The van der Waals surface area contributed by atoms with Crippen LogP contribution < -0.4 is 10.2 Å². The highest BCUT2D eigenvalue weighted by atomic mass is 32.3. The summed E-state index contributed by atoms with van der Waals surface area (Å²) in [5.74, 6) is 1.81. The van der Waals surface area contributed by atoms with Gasteiger partial charge >= 0.3 is 0 Å². The lowest BCUT2D eigenvalue weighted by Crippen LogP contribution is -2.42. The fourth-order valence-corrected chi connectivity index (χ4v) is 6.42. The van der Waals surface area contributed by atoms with Crippen molar-refractivity contribution in [2.24, 2.45) is 5.92 Å². The molecule has 34 heavy (non-hydrogen) atoms. The third kappa shape index (κ3) is 4.67. The van der Waals surface area contributed by atoms with Gasteiger partial charge in [-0.05, 0) is 37.8 Å². The van der Waals surface area contributed by atoms with Crippen LogP contribution in [-0.2, 0) is 4.79 Å². The molecule has 2 atom stereocenters. The Balaban J connectivity index is 1.37. The topological polar surface area (TPSA) is 123 Å². The van der Waals surface area contributed by atoms with E-state index in [2.05, 4.69) is 21.3 Å². The minimum atomic E-state index is -2.43. The van der Waals surface area contributed by atoms with Gasteiger partial charge < -0.3 is 14.6 Å². The van der Waals surface area contributed by atoms with Gasteiger partial charge in [0.05, 0.1) is 17.6 Å². The molecule has 9 heteroatoms. The Morgan fingerprint density at radius 1 is 1.21 bits per heavy atom. The molecule has 2 saturated carbocycles. The van der Waals surface area contributed by atoms with E-state index in [1.54, 1.807) is 0 Å². The van der Waals surface area contributed by atoms with Crippen molar-refractivity contribution in [3.05, 3.63) is 35.9 Å². The van der Waals surface area contributed by atoms with E-state index in [-0.39, 0.29) is 17.7 Å². The molecule has 0 spiro atoms. The van der Waals surface area contributed by atoms with E-state index in [0.717, 1.165) is 61.2 Å². The average Bonchev–Trinajstić information content (AvgIpc) is 3.50. The number of anilines is 1. The molecule has 1 aromatic heterocycles. The predicted molar refractivity (Wildman–Crippen MR) is 132 cm³/mol. The second kappa shape index (κ2) is 8.91. The van der Waals surface area contributed by atoms with E-state index in [1.165, 1.54) is 0 Å². The normalized spacial score (nSPS) is 26.4. The van der Waals surface area contributed by atoms with Crippen molar-refractivity contribution in [1.82, 2.24) is 10.3 Å². The van der Waals surface area contributed by atoms with Crippen LogP contribution in [0.15, 0.2) is 28.7 Å². The van der Waals surface area contributed by atoms with Crippen molar-refractivity contribution in [2.45, 2.75) is 56.9 Å². The number of aryl methyl sites for hydroxylation is 1. The Kier molecular flexibility index (Phi) is 6.09. The minimum Gasteiger partial charge on any atom is -0.445 e. The third-order valence-corrected chi connectivity index (χ3v) is 9.08. The zero-order valence-electron chi connectivity index (χ0n) is 19.5. The maximum absolute atomic E-state index is 13.2. The van der Waals surface area contributed by atoms with Gasteiger partial charge in [0.15, 0.2) is 5.89 Å². The van der Waals surface area contributed by atoms with Crippen LogP contribution in [0.4, 0.5) is 5.69 Å². The zero-order chi connectivity index (χ0) is 23.9. The number of rotatable bonds is 5. The molecule has 0 unspecified atom stereocenters. The van der Waals surface area contributed by atoms with Gasteiger partial charge in [0, 0.05) is 43.1 Å². The summed E-state index contributed by atoms with van der Waals surface area (Å²) in [4.78, 5) is 20.0. The first kappa shape index (κ1) is 23.2. The van der Waals surface area contributed by atoms with Crippen LogP contribution in [0.3, 0.4) is 0 Å². The number of aromatic nitrogens is 1. The first-order chi connectivity index (χ1) is 16.3. The van der Waals surface area contributed by atoms with E-state index >= 15 is 0 Å². The summed E-state index contributed by atoms with van der Waals surface area (Å²) in [6, 6.07) is 10.4. The Morgan fingerprint density at radius 3 is 2.53 bits per heavy atom. The maximum atomic E-state index is 13.2. The SMILES string of the molecule is Cc1nc(-c2ccc(N3CCS(O)(O)CC3)cc2)c([C@@H]2CCCC[C@H]2C(=O)NC2(C#N)CC2)o1. The molecule has 1 saturated heterocycles. The molecule has 2 aromatic rings. The highest BCUT2D eigenvalue weighted by Gasteiger charge is 2.47. The summed E-state index contributed by atoms with van der Waals surface area (Å²) in [7, 11) is -2.43. The summed E-state index contributed by atoms with van der Waals surface area (Å²) in [5, 5.41) is 12.4. The number of hydrogen-bond acceptors (Lipinski definition) is 7. The quantitative estimate of drug-likeness (QED) is 0.564. The standard InChI is InChI=1S/C25H32N4O4S/c1-17-27-22(18-6-8-19(9-7-18)29-12-14-34(31,32)15-13-29)23(33-17)20-4-2-3-5-21(20)24(30)28-25(16-26)10-11-25/h6-9,20-21,31-32H,2-5,10-15H2,1H3,(H,28,30)/t20-,21-/m1/s1. The van der Waals surface area contributed by atoms with Gasteiger partial charge in [-0.25, -0.2) is 4.98 Å². The monoisotopic (exact) mass is 484 g/mol. The second-order valence-electron chi connectivity index (χ2n) is 9.87. The van der Waals surface area contributed by atoms with Crippen LogP contribution in [0.2, 0.25) is 0 Å². The fraction of sp³-hybridized carbons (Fsp3) is 0.560. The molecule has 1 amide bonds. The van der Waals surface area contributed by atoms with Crippen molar-refractivity contribution in [3.63, 3.8) is 0 Å². The van der Waals surface area contributed by atoms with E-state index in [4.69, 9.17) is 4.42 Å². The molecule has 182 valence electrons. The minimum absolute atomic E-state index is 0.0461. The van der Waals surface area contributed by atoms with Crippen molar-refractivity contribution in [1.29, 1.82) is 5.26 Å². The number of nitrogens with one attached hydrogen (secondary N) is 1. The zero-order valence-corrected chi connectivity index (χ0v) is 20.3. The van der Waals surface area contributed by atoms with Crippen LogP contribution in [0.25, 0.3) is 11.3 Å². The summed E-state index contributed by atoms with van der Waals surface area (Å²) in [5.41, 5.74) is 2.10. The summed E-state index contributed by atoms with van der Waals surface area (Å²) in [6.07, 6.45) is 5.11. The van der Waals surface area contributed by atoms with Gasteiger partial charge in [-0.3, -0.25) is 13.9 Å². The lowest BCUT2D eigenvalue weighted by Gasteiger charge is -2.41. The third-order valence-electron chi connectivity index (χ3n) is 7.41. The van der Waals surface area contributed by atoms with Crippen LogP contribution in [0.1, 0.15) is 56.1 Å². The van der Waals surface area contributed by atoms with Crippen molar-refractivity contribution < 1.29 is 18.3 Å². The highest BCUT2D eigenvalue weighted by Crippen LogP contribution is 2.44. The van der Waals surface area contributed by atoms with E-state index in [0.29, 0.717) is 30.5 Å². The number of benzene rings is 1. The molecule has 1 aliphatic heterocycles. The molecule has 0 bridgehead atoms. The molecule has 3 N–H and O–H groups in total. The van der Waals surface area contributed by atoms with Crippen LogP contribution in [0.5, 0.6) is 0 Å². The lowest BCUT2D eigenvalue weighted by atomic mass is 9.76. The number of carbonyl (C=O) groups is 1. The van der Waals surface area contributed by atoms with Gasteiger partial charge in [-0.1, -0.05) is 25.0 Å². The van der Waals surface area contributed by atoms with Crippen LogP contribution in [-0.4, -0.2) is 50.1 Å². The molecule has 1 aromatic carbocycles. The molecule has 5 rings (SSSR count). The molecule has 0 radical (unpaired) electrons. The van der Waals surface area contributed by atoms with Crippen molar-refractivity contribution in [2.75, 3.05) is 29.5 Å². The largest absolute Gasteiger partial charge is 0.445 e. The summed E-state index contributed by atoms with van der Waals surface area (Å²) >= 11 is 0. The molecular formula is C25H32N4O4S. The second-order valence-corrected chi connectivity index (χ2v) is 12.3. The first-order valence-corrected chi connectivity index (χ1v) is 14.0. The van der Waals surface area contributed by atoms with Gasteiger partial charge in [-0.15, -0.1) is 0 Å². The highest BCUT2D eigenvalue weighted by molar-refractivity contribution is 8.24. The average molecular weight is 485 g/mol. The Hall–Kier alpha value is -2.54. The maximum Gasteiger partial charge on any atom is 0.225 e. The molecule has 3 fully saturated rings. The number of nitrogens with zero attached hydrogens (tertiary/aromatic N) is 3. The predicted octanol–water partition coefficient (Wildman–Crippen LogP) is 4.67. The molecule has 2 heterocycles. The van der Waals surface area contributed by atoms with Gasteiger partial charge in [-0.2, -0.15) is 15.9 Å².